The van der Waals surface area contributed by atoms with Gasteiger partial charge in [-0.15, -0.1) is 16.5 Å². The first-order valence-electron chi connectivity index (χ1n) is 6.57. The highest BCUT2D eigenvalue weighted by Gasteiger charge is 2.05. The predicted molar refractivity (Wildman–Crippen MR) is 81.0 cm³/mol. The van der Waals surface area contributed by atoms with Gasteiger partial charge in [0.2, 0.25) is 5.13 Å². The smallest absolute Gasteiger partial charge is 0.217 e. The fourth-order valence-corrected chi connectivity index (χ4v) is 2.58. The van der Waals surface area contributed by atoms with Crippen molar-refractivity contribution < 1.29 is 0 Å². The minimum Gasteiger partial charge on any atom is -0.217 e. The molecule has 0 aliphatic heterocycles. The van der Waals surface area contributed by atoms with Gasteiger partial charge in [-0.25, -0.2) is 4.98 Å². The number of hydrogen-bond donors (Lipinski definition) is 0. The number of azo groups is 1. The first-order chi connectivity index (χ1) is 9.15. The molecule has 0 fully saturated rings. The second kappa shape index (κ2) is 6.57. The molecule has 0 saturated heterocycles. The van der Waals surface area contributed by atoms with E-state index < -0.39 is 0 Å². The third-order valence-corrected chi connectivity index (χ3v) is 3.44. The summed E-state index contributed by atoms with van der Waals surface area (Å²) >= 11 is 1.53. The minimum absolute atomic E-state index is 0.254. The lowest BCUT2D eigenvalue weighted by Gasteiger charge is -2.06. The molecule has 0 amide bonds. The Morgan fingerprint density at radius 3 is 2.58 bits per heavy atom. The van der Waals surface area contributed by atoms with Crippen molar-refractivity contribution in [3.63, 3.8) is 0 Å². The molecule has 3 nitrogen and oxygen atoms in total. The summed E-state index contributed by atoms with van der Waals surface area (Å²) in [5.74, 6) is 0.644. The Kier molecular flexibility index (Phi) is 4.80. The predicted octanol–water partition coefficient (Wildman–Crippen LogP) is 5.33. The zero-order chi connectivity index (χ0) is 13.7. The van der Waals surface area contributed by atoms with E-state index in [4.69, 9.17) is 0 Å². The molecule has 4 heteroatoms. The molecular formula is C15H19N3S. The summed E-state index contributed by atoms with van der Waals surface area (Å²) in [7, 11) is 0. The van der Waals surface area contributed by atoms with E-state index in [-0.39, 0.29) is 6.04 Å². The molecule has 0 aliphatic carbocycles. The van der Waals surface area contributed by atoms with Crippen LogP contribution in [0.1, 0.15) is 27.2 Å². The summed E-state index contributed by atoms with van der Waals surface area (Å²) in [5, 5.41) is 11.3. The first kappa shape index (κ1) is 13.9. The van der Waals surface area contributed by atoms with E-state index in [1.807, 2.05) is 23.6 Å². The van der Waals surface area contributed by atoms with Crippen molar-refractivity contribution in [1.82, 2.24) is 4.98 Å². The Morgan fingerprint density at radius 1 is 1.16 bits per heavy atom. The van der Waals surface area contributed by atoms with Crippen LogP contribution in [0.3, 0.4) is 0 Å². The normalized spacial score (nSPS) is 13.3. The molecule has 0 N–H and O–H groups in total. The van der Waals surface area contributed by atoms with Gasteiger partial charge in [0.05, 0.1) is 11.7 Å². The summed E-state index contributed by atoms with van der Waals surface area (Å²) < 4.78 is 0. The molecule has 0 radical (unpaired) electrons. The molecule has 0 bridgehead atoms. The standard InChI is InChI=1S/C15H19N3S/c1-11(2)9-12(3)17-18-15-16-14(10-19-15)13-7-5-4-6-8-13/h4-8,10-12H,9H2,1-3H3. The first-order valence-corrected chi connectivity index (χ1v) is 7.45. The largest absolute Gasteiger partial charge is 0.230 e. The average Bonchev–Trinajstić information content (AvgIpc) is 2.85. The maximum Gasteiger partial charge on any atom is 0.230 e. The summed E-state index contributed by atoms with van der Waals surface area (Å²) in [6.45, 7) is 6.49. The van der Waals surface area contributed by atoms with Gasteiger partial charge in [-0.3, -0.25) is 0 Å². The van der Waals surface area contributed by atoms with Crippen molar-refractivity contribution in [2.24, 2.45) is 16.1 Å². The molecule has 2 rings (SSSR count). The van der Waals surface area contributed by atoms with Crippen LogP contribution in [0.2, 0.25) is 0 Å². The van der Waals surface area contributed by atoms with Crippen LogP contribution in [0.25, 0.3) is 11.3 Å². The van der Waals surface area contributed by atoms with E-state index in [2.05, 4.69) is 48.1 Å². The molecular weight excluding hydrogens is 254 g/mol. The Morgan fingerprint density at radius 2 is 1.89 bits per heavy atom. The van der Waals surface area contributed by atoms with Crippen molar-refractivity contribution in [3.05, 3.63) is 35.7 Å². The van der Waals surface area contributed by atoms with Gasteiger partial charge in [0.1, 0.15) is 0 Å². The summed E-state index contributed by atoms with van der Waals surface area (Å²) in [6, 6.07) is 10.4. The van der Waals surface area contributed by atoms with Crippen LogP contribution in [0, 0.1) is 5.92 Å². The van der Waals surface area contributed by atoms with Crippen LogP contribution < -0.4 is 0 Å². The SMILES string of the molecule is CC(C)CC(C)N=Nc1nc(-c2ccccc2)cs1. The van der Waals surface area contributed by atoms with E-state index >= 15 is 0 Å². The molecule has 0 saturated carbocycles. The maximum atomic E-state index is 4.49. The highest BCUT2D eigenvalue weighted by atomic mass is 32.1. The van der Waals surface area contributed by atoms with Crippen molar-refractivity contribution in [3.8, 4) is 11.3 Å². The molecule has 19 heavy (non-hydrogen) atoms. The Balaban J connectivity index is 2.04. The van der Waals surface area contributed by atoms with Crippen LogP contribution in [-0.4, -0.2) is 11.0 Å². The highest BCUT2D eigenvalue weighted by Crippen LogP contribution is 2.27. The van der Waals surface area contributed by atoms with Crippen LogP contribution >= 0.6 is 11.3 Å². The summed E-state index contributed by atoms with van der Waals surface area (Å²) in [6.07, 6.45) is 1.06. The Hall–Kier alpha value is -1.55. The van der Waals surface area contributed by atoms with Gasteiger partial charge in [0.15, 0.2) is 0 Å². The average molecular weight is 273 g/mol. The fraction of sp³-hybridized carbons (Fsp3) is 0.400. The van der Waals surface area contributed by atoms with Gasteiger partial charge < -0.3 is 0 Å². The third kappa shape index (κ3) is 4.24. The summed E-state index contributed by atoms with van der Waals surface area (Å²) in [5.41, 5.74) is 2.09. The molecule has 0 aliphatic rings. The molecule has 0 spiro atoms. The lowest BCUT2D eigenvalue weighted by Crippen LogP contribution is -2.01. The molecule has 2 aromatic rings. The van der Waals surface area contributed by atoms with Gasteiger partial charge >= 0.3 is 0 Å². The van der Waals surface area contributed by atoms with E-state index in [1.165, 1.54) is 11.3 Å². The highest BCUT2D eigenvalue weighted by molar-refractivity contribution is 7.13. The number of benzene rings is 1. The lowest BCUT2D eigenvalue weighted by molar-refractivity contribution is 0.509. The fourth-order valence-electron chi connectivity index (χ4n) is 1.93. The van der Waals surface area contributed by atoms with Crippen LogP contribution in [-0.2, 0) is 0 Å². The van der Waals surface area contributed by atoms with E-state index in [1.54, 1.807) is 0 Å². The van der Waals surface area contributed by atoms with Gasteiger partial charge in [0, 0.05) is 10.9 Å². The maximum absolute atomic E-state index is 4.49. The second-order valence-corrected chi connectivity index (χ2v) is 5.91. The van der Waals surface area contributed by atoms with Crippen molar-refractivity contribution in [2.45, 2.75) is 33.2 Å². The third-order valence-electron chi connectivity index (χ3n) is 2.71. The van der Waals surface area contributed by atoms with E-state index in [9.17, 15) is 0 Å². The van der Waals surface area contributed by atoms with E-state index in [0.717, 1.165) is 22.8 Å². The van der Waals surface area contributed by atoms with Crippen LogP contribution in [0.15, 0.2) is 45.9 Å². The van der Waals surface area contributed by atoms with E-state index in [0.29, 0.717) is 5.92 Å². The Bertz CT molecular complexity index is 531. The zero-order valence-electron chi connectivity index (χ0n) is 11.6. The van der Waals surface area contributed by atoms with Gasteiger partial charge in [-0.05, 0) is 19.3 Å². The minimum atomic E-state index is 0.254. The van der Waals surface area contributed by atoms with Gasteiger partial charge in [0.25, 0.3) is 0 Å². The number of aromatic nitrogens is 1. The van der Waals surface area contributed by atoms with Crippen molar-refractivity contribution >= 4 is 16.5 Å². The topological polar surface area (TPSA) is 37.6 Å². The van der Waals surface area contributed by atoms with Crippen LogP contribution in [0.5, 0.6) is 0 Å². The number of rotatable bonds is 5. The molecule has 1 atom stereocenters. The van der Waals surface area contributed by atoms with Crippen LogP contribution in [0.4, 0.5) is 5.13 Å². The van der Waals surface area contributed by atoms with Crippen molar-refractivity contribution in [2.75, 3.05) is 0 Å². The summed E-state index contributed by atoms with van der Waals surface area (Å²) in [4.78, 5) is 4.49. The molecule has 1 aromatic heterocycles. The zero-order valence-corrected chi connectivity index (χ0v) is 12.4. The second-order valence-electron chi connectivity index (χ2n) is 5.08. The number of hydrogen-bond acceptors (Lipinski definition) is 4. The molecule has 1 heterocycles. The molecule has 100 valence electrons. The van der Waals surface area contributed by atoms with Crippen molar-refractivity contribution in [1.29, 1.82) is 0 Å². The van der Waals surface area contributed by atoms with Gasteiger partial charge in [-0.1, -0.05) is 44.2 Å². The quantitative estimate of drug-likeness (QED) is 0.678. The monoisotopic (exact) mass is 273 g/mol. The number of nitrogens with zero attached hydrogens (tertiary/aromatic N) is 3. The number of thiazole rings is 1. The molecule has 1 unspecified atom stereocenters. The lowest BCUT2D eigenvalue weighted by atomic mass is 10.1. The van der Waals surface area contributed by atoms with Gasteiger partial charge in [-0.2, -0.15) is 5.11 Å². The molecule has 1 aromatic carbocycles. The Labute approximate surface area is 118 Å².